The van der Waals surface area contributed by atoms with Gasteiger partial charge in [0.1, 0.15) is 0 Å². The predicted molar refractivity (Wildman–Crippen MR) is 71.5 cm³/mol. The molecule has 0 aliphatic heterocycles. The molecule has 6 heteroatoms. The number of aromatic nitrogens is 2. The summed E-state index contributed by atoms with van der Waals surface area (Å²) in [7, 11) is 3.62. The van der Waals surface area contributed by atoms with E-state index in [1.807, 2.05) is 32.5 Å². The van der Waals surface area contributed by atoms with Crippen molar-refractivity contribution >= 4 is 15.9 Å². The molecule has 0 saturated carbocycles. The van der Waals surface area contributed by atoms with Crippen LogP contribution in [-0.2, 0) is 18.2 Å². The normalized spacial score (nSPS) is 14.1. The second-order valence-electron chi connectivity index (χ2n) is 4.70. The van der Waals surface area contributed by atoms with Gasteiger partial charge in [-0.3, -0.25) is 16.0 Å². The van der Waals surface area contributed by atoms with Crippen LogP contribution in [-0.4, -0.2) is 28.5 Å². The minimum absolute atomic E-state index is 0.0126. The van der Waals surface area contributed by atoms with E-state index in [1.165, 1.54) is 0 Å². The highest BCUT2D eigenvalue weighted by molar-refractivity contribution is 9.10. The maximum Gasteiger partial charge on any atom is 0.0792 e. The Balaban J connectivity index is 2.96. The summed E-state index contributed by atoms with van der Waals surface area (Å²) in [5, 5.41) is 4.37. The van der Waals surface area contributed by atoms with Crippen molar-refractivity contribution in [2.24, 2.45) is 12.9 Å². The minimum Gasteiger partial charge on any atom is -0.377 e. The van der Waals surface area contributed by atoms with E-state index in [9.17, 15) is 0 Å². The van der Waals surface area contributed by atoms with Crippen LogP contribution in [0, 0.1) is 6.92 Å². The molecule has 3 N–H and O–H groups in total. The molecular formula is C11H21BrN4O. The third-order valence-corrected chi connectivity index (χ3v) is 4.26. The van der Waals surface area contributed by atoms with Crippen LogP contribution in [0.2, 0.25) is 0 Å². The van der Waals surface area contributed by atoms with Crippen LogP contribution in [0.3, 0.4) is 0 Å². The highest BCUT2D eigenvalue weighted by Gasteiger charge is 2.30. The predicted octanol–water partition coefficient (Wildman–Crippen LogP) is 1.29. The van der Waals surface area contributed by atoms with Crippen molar-refractivity contribution in [3.8, 4) is 0 Å². The largest absolute Gasteiger partial charge is 0.377 e. The third kappa shape index (κ3) is 3.07. The summed E-state index contributed by atoms with van der Waals surface area (Å²) in [5.74, 6) is 5.61. The summed E-state index contributed by atoms with van der Waals surface area (Å²) in [6.07, 6.45) is 0.745. The highest BCUT2D eigenvalue weighted by atomic mass is 79.9. The Labute approximate surface area is 111 Å². The van der Waals surface area contributed by atoms with Crippen molar-refractivity contribution in [2.45, 2.75) is 38.8 Å². The Morgan fingerprint density at radius 1 is 1.59 bits per heavy atom. The fourth-order valence-corrected chi connectivity index (χ4v) is 2.24. The second-order valence-corrected chi connectivity index (χ2v) is 5.49. The highest BCUT2D eigenvalue weighted by Crippen LogP contribution is 2.24. The number of nitrogens with one attached hydrogen (secondary N) is 1. The first-order chi connectivity index (χ1) is 7.83. The first-order valence-electron chi connectivity index (χ1n) is 5.52. The van der Waals surface area contributed by atoms with Crippen LogP contribution >= 0.6 is 15.9 Å². The lowest BCUT2D eigenvalue weighted by atomic mass is 9.94. The number of aryl methyl sites for hydroxylation is 2. The zero-order chi connectivity index (χ0) is 13.2. The van der Waals surface area contributed by atoms with E-state index < -0.39 is 0 Å². The van der Waals surface area contributed by atoms with Crippen molar-refractivity contribution in [3.05, 3.63) is 15.9 Å². The van der Waals surface area contributed by atoms with Gasteiger partial charge in [-0.2, -0.15) is 5.10 Å². The third-order valence-electron chi connectivity index (χ3n) is 3.23. The molecule has 0 spiro atoms. The molecule has 1 aromatic heterocycles. The quantitative estimate of drug-likeness (QED) is 0.635. The molecule has 1 atom stereocenters. The zero-order valence-electron chi connectivity index (χ0n) is 11.0. The summed E-state index contributed by atoms with van der Waals surface area (Å²) < 4.78 is 8.37. The molecule has 0 radical (unpaired) electrons. The van der Waals surface area contributed by atoms with Gasteiger partial charge in [0.15, 0.2) is 0 Å². The number of hydrogen-bond donors (Lipinski definition) is 2. The molecule has 1 unspecified atom stereocenters. The maximum absolute atomic E-state index is 5.61. The Morgan fingerprint density at radius 2 is 2.18 bits per heavy atom. The standard InChI is InChI=1S/C11H21BrN4O/c1-7-10(12)8(16(4)15-7)6-9(14-13)11(2,3)17-5/h9,14H,6,13H2,1-5H3. The molecule has 0 saturated heterocycles. The lowest BCUT2D eigenvalue weighted by Gasteiger charge is -2.32. The molecular weight excluding hydrogens is 284 g/mol. The van der Waals surface area contributed by atoms with Gasteiger partial charge in [-0.15, -0.1) is 0 Å². The number of nitrogens with zero attached hydrogens (tertiary/aromatic N) is 2. The number of hydrazine groups is 1. The summed E-state index contributed by atoms with van der Waals surface area (Å²) in [6.45, 7) is 5.99. The van der Waals surface area contributed by atoms with Crippen LogP contribution in [0.4, 0.5) is 0 Å². The van der Waals surface area contributed by atoms with Gasteiger partial charge in [0.05, 0.1) is 27.5 Å². The lowest BCUT2D eigenvalue weighted by molar-refractivity contribution is -0.0105. The Kier molecular flexibility index (Phi) is 4.71. The van der Waals surface area contributed by atoms with Crippen LogP contribution in [0.25, 0.3) is 0 Å². The summed E-state index contributed by atoms with van der Waals surface area (Å²) >= 11 is 3.55. The smallest absolute Gasteiger partial charge is 0.0792 e. The zero-order valence-corrected chi connectivity index (χ0v) is 12.6. The van der Waals surface area contributed by atoms with Gasteiger partial charge in [-0.1, -0.05) is 0 Å². The van der Waals surface area contributed by atoms with E-state index in [1.54, 1.807) is 7.11 Å². The number of hydrogen-bond acceptors (Lipinski definition) is 4. The molecule has 98 valence electrons. The van der Waals surface area contributed by atoms with Crippen molar-refractivity contribution in [2.75, 3.05) is 7.11 Å². The van der Waals surface area contributed by atoms with E-state index >= 15 is 0 Å². The minimum atomic E-state index is -0.341. The Morgan fingerprint density at radius 3 is 2.53 bits per heavy atom. The van der Waals surface area contributed by atoms with E-state index in [-0.39, 0.29) is 11.6 Å². The summed E-state index contributed by atoms with van der Waals surface area (Å²) in [5.41, 5.74) is 4.56. The van der Waals surface area contributed by atoms with E-state index in [0.29, 0.717) is 0 Å². The lowest BCUT2D eigenvalue weighted by Crippen LogP contribution is -2.52. The number of rotatable bonds is 5. The molecule has 0 aliphatic rings. The van der Waals surface area contributed by atoms with Gasteiger partial charge in [-0.25, -0.2) is 0 Å². The van der Waals surface area contributed by atoms with Gasteiger partial charge in [0.2, 0.25) is 0 Å². The number of nitrogens with two attached hydrogens (primary N) is 1. The molecule has 1 aromatic rings. The molecule has 1 heterocycles. The number of halogens is 1. The van der Waals surface area contributed by atoms with Crippen molar-refractivity contribution < 1.29 is 4.74 Å². The molecule has 17 heavy (non-hydrogen) atoms. The number of methoxy groups -OCH3 is 1. The first-order valence-corrected chi connectivity index (χ1v) is 6.32. The van der Waals surface area contributed by atoms with Crippen LogP contribution in [0.5, 0.6) is 0 Å². The fraction of sp³-hybridized carbons (Fsp3) is 0.727. The second kappa shape index (κ2) is 5.48. The van der Waals surface area contributed by atoms with Gasteiger partial charge < -0.3 is 4.74 Å². The molecule has 0 bridgehead atoms. The SMILES string of the molecule is COC(C)(C)C(Cc1c(Br)c(C)nn1C)NN. The molecule has 5 nitrogen and oxygen atoms in total. The van der Waals surface area contributed by atoms with Gasteiger partial charge >= 0.3 is 0 Å². The Bertz CT molecular complexity index is 389. The van der Waals surface area contributed by atoms with Crippen molar-refractivity contribution in [1.82, 2.24) is 15.2 Å². The fourth-order valence-electron chi connectivity index (χ4n) is 1.74. The molecule has 1 rings (SSSR count). The van der Waals surface area contributed by atoms with Crippen LogP contribution in [0.1, 0.15) is 25.2 Å². The molecule has 0 fully saturated rings. The first kappa shape index (κ1) is 14.6. The average Bonchev–Trinajstić information content (AvgIpc) is 2.51. The monoisotopic (exact) mass is 304 g/mol. The van der Waals surface area contributed by atoms with E-state index in [0.717, 1.165) is 22.3 Å². The van der Waals surface area contributed by atoms with Crippen molar-refractivity contribution in [1.29, 1.82) is 0 Å². The van der Waals surface area contributed by atoms with E-state index in [2.05, 4.69) is 26.5 Å². The van der Waals surface area contributed by atoms with E-state index in [4.69, 9.17) is 10.6 Å². The molecule has 0 aromatic carbocycles. The topological polar surface area (TPSA) is 65.1 Å². The van der Waals surface area contributed by atoms with Crippen LogP contribution < -0.4 is 11.3 Å². The maximum atomic E-state index is 5.61. The number of ether oxygens (including phenoxy) is 1. The van der Waals surface area contributed by atoms with Crippen molar-refractivity contribution in [3.63, 3.8) is 0 Å². The van der Waals surface area contributed by atoms with Gasteiger partial charge in [0.25, 0.3) is 0 Å². The summed E-state index contributed by atoms with van der Waals surface area (Å²) in [6, 6.07) is 0.0126. The van der Waals surface area contributed by atoms with Gasteiger partial charge in [0, 0.05) is 20.6 Å². The molecule has 0 amide bonds. The van der Waals surface area contributed by atoms with Crippen LogP contribution in [0.15, 0.2) is 4.47 Å². The summed E-state index contributed by atoms with van der Waals surface area (Å²) in [4.78, 5) is 0. The van der Waals surface area contributed by atoms with Gasteiger partial charge in [-0.05, 0) is 36.7 Å². The molecule has 0 aliphatic carbocycles. The Hall–Kier alpha value is -0.430. The average molecular weight is 305 g/mol.